The van der Waals surface area contributed by atoms with Gasteiger partial charge in [0.1, 0.15) is 11.1 Å². The highest BCUT2D eigenvalue weighted by molar-refractivity contribution is 5.96. The number of carbonyl (C=O) groups excluding carboxylic acids is 1. The van der Waals surface area contributed by atoms with Crippen molar-refractivity contribution in [1.29, 1.82) is 0 Å². The van der Waals surface area contributed by atoms with Crippen molar-refractivity contribution < 1.29 is 19.1 Å². The molecule has 21 heavy (non-hydrogen) atoms. The summed E-state index contributed by atoms with van der Waals surface area (Å²) in [7, 11) is 1.50. The average molecular weight is 291 g/mol. The van der Waals surface area contributed by atoms with E-state index in [0.29, 0.717) is 17.4 Å². The van der Waals surface area contributed by atoms with Gasteiger partial charge in [0.25, 0.3) is 5.91 Å². The predicted molar refractivity (Wildman–Crippen MR) is 77.3 cm³/mol. The smallest absolute Gasteiger partial charge is 0.349 e. The number of fused-ring (bicyclic) bond motifs is 1. The first kappa shape index (κ1) is 15.2. The molecular weight excluding hydrogens is 274 g/mol. The Hall–Kier alpha value is -2.18. The van der Waals surface area contributed by atoms with Crippen LogP contribution in [0.15, 0.2) is 39.5 Å². The van der Waals surface area contributed by atoms with E-state index >= 15 is 0 Å². The third-order valence-corrected chi connectivity index (χ3v) is 3.07. The number of methoxy groups -OCH3 is 1. The third kappa shape index (κ3) is 3.68. The largest absolute Gasteiger partial charge is 0.422 e. The molecular formula is C15H17NO5. The molecule has 6 nitrogen and oxygen atoms in total. The maximum atomic E-state index is 12.2. The van der Waals surface area contributed by atoms with E-state index in [1.165, 1.54) is 13.2 Å². The Bertz CT molecular complexity index is 673. The van der Waals surface area contributed by atoms with Crippen LogP contribution in [0.25, 0.3) is 11.0 Å². The van der Waals surface area contributed by atoms with E-state index < -0.39 is 11.5 Å². The van der Waals surface area contributed by atoms with Crippen LogP contribution in [0.2, 0.25) is 0 Å². The molecule has 112 valence electrons. The normalized spacial score (nSPS) is 12.3. The number of aliphatic hydroxyl groups is 1. The summed E-state index contributed by atoms with van der Waals surface area (Å²) in [5, 5.41) is 12.3. The summed E-state index contributed by atoms with van der Waals surface area (Å²) < 4.78 is 10.1. The number of carbonyl (C=O) groups is 1. The summed E-state index contributed by atoms with van der Waals surface area (Å²) in [6.07, 6.45) is 0.346. The molecule has 1 heterocycles. The van der Waals surface area contributed by atoms with Crippen molar-refractivity contribution in [3.05, 3.63) is 46.3 Å². The van der Waals surface area contributed by atoms with E-state index in [0.717, 1.165) is 0 Å². The first-order valence-electron chi connectivity index (χ1n) is 6.59. The first-order chi connectivity index (χ1) is 10.2. The van der Waals surface area contributed by atoms with Gasteiger partial charge in [-0.3, -0.25) is 4.79 Å². The molecule has 0 bridgehead atoms. The minimum absolute atomic E-state index is 0.0623. The minimum Gasteiger partial charge on any atom is -0.422 e. The Kier molecular flexibility index (Phi) is 5.08. The van der Waals surface area contributed by atoms with Gasteiger partial charge in [-0.15, -0.1) is 0 Å². The van der Waals surface area contributed by atoms with Gasteiger partial charge < -0.3 is 19.6 Å². The van der Waals surface area contributed by atoms with Gasteiger partial charge in [-0.2, -0.15) is 0 Å². The Labute approximate surface area is 121 Å². The Morgan fingerprint density at radius 1 is 1.43 bits per heavy atom. The molecule has 1 atom stereocenters. The highest BCUT2D eigenvalue weighted by Gasteiger charge is 2.17. The van der Waals surface area contributed by atoms with E-state index in [1.54, 1.807) is 24.3 Å². The molecule has 0 aliphatic heterocycles. The second kappa shape index (κ2) is 7.01. The molecule has 0 aliphatic rings. The molecule has 1 unspecified atom stereocenters. The number of ether oxygens (including phenoxy) is 1. The molecule has 0 aliphatic carbocycles. The van der Waals surface area contributed by atoms with Crippen molar-refractivity contribution in [2.45, 2.75) is 12.5 Å². The molecule has 0 saturated heterocycles. The second-order valence-electron chi connectivity index (χ2n) is 4.62. The number of benzene rings is 1. The molecule has 1 aromatic carbocycles. The van der Waals surface area contributed by atoms with E-state index in [9.17, 15) is 9.59 Å². The van der Waals surface area contributed by atoms with Gasteiger partial charge in [0.15, 0.2) is 0 Å². The number of para-hydroxylation sites is 1. The van der Waals surface area contributed by atoms with Crippen LogP contribution in [-0.2, 0) is 4.74 Å². The highest BCUT2D eigenvalue weighted by Crippen LogP contribution is 2.12. The Morgan fingerprint density at radius 3 is 2.90 bits per heavy atom. The summed E-state index contributed by atoms with van der Waals surface area (Å²) in [6.45, 7) is 0.172. The van der Waals surface area contributed by atoms with Gasteiger partial charge in [-0.25, -0.2) is 4.79 Å². The van der Waals surface area contributed by atoms with Crippen LogP contribution in [0.3, 0.4) is 0 Å². The van der Waals surface area contributed by atoms with Gasteiger partial charge in [-0.1, -0.05) is 18.2 Å². The molecule has 1 aromatic heterocycles. The van der Waals surface area contributed by atoms with Crippen LogP contribution in [0, 0.1) is 0 Å². The van der Waals surface area contributed by atoms with E-state index in [1.807, 2.05) is 0 Å². The van der Waals surface area contributed by atoms with Crippen molar-refractivity contribution in [3.63, 3.8) is 0 Å². The minimum atomic E-state index is -0.689. The fourth-order valence-corrected chi connectivity index (χ4v) is 2.04. The van der Waals surface area contributed by atoms with Crippen molar-refractivity contribution in [2.24, 2.45) is 0 Å². The maximum Gasteiger partial charge on any atom is 0.349 e. The highest BCUT2D eigenvalue weighted by atomic mass is 16.5. The second-order valence-corrected chi connectivity index (χ2v) is 4.62. The van der Waals surface area contributed by atoms with Gasteiger partial charge in [-0.05, 0) is 18.6 Å². The van der Waals surface area contributed by atoms with Crippen molar-refractivity contribution in [3.8, 4) is 0 Å². The summed E-state index contributed by atoms with van der Waals surface area (Å²) in [5.41, 5.74) is -0.318. The van der Waals surface area contributed by atoms with Crippen LogP contribution in [-0.4, -0.2) is 37.4 Å². The molecule has 6 heteroatoms. The third-order valence-electron chi connectivity index (χ3n) is 3.07. The Morgan fingerprint density at radius 2 is 2.19 bits per heavy atom. The molecule has 2 N–H and O–H groups in total. The number of nitrogens with one attached hydrogen (secondary N) is 1. The number of hydrogen-bond acceptors (Lipinski definition) is 5. The summed E-state index contributed by atoms with van der Waals surface area (Å²) >= 11 is 0. The lowest BCUT2D eigenvalue weighted by Gasteiger charge is -2.16. The molecule has 0 spiro atoms. The fraction of sp³-hybridized carbons (Fsp3) is 0.333. The lowest BCUT2D eigenvalue weighted by atomic mass is 10.1. The number of rotatable bonds is 6. The summed E-state index contributed by atoms with van der Waals surface area (Å²) in [4.78, 5) is 24.0. The van der Waals surface area contributed by atoms with Gasteiger partial charge >= 0.3 is 5.63 Å². The number of amides is 1. The lowest BCUT2D eigenvalue weighted by Crippen LogP contribution is -2.40. The number of hydrogen-bond donors (Lipinski definition) is 2. The Balaban J connectivity index is 2.26. The monoisotopic (exact) mass is 291 g/mol. The van der Waals surface area contributed by atoms with E-state index in [2.05, 4.69) is 5.32 Å². The van der Waals surface area contributed by atoms with Crippen LogP contribution in [0.1, 0.15) is 16.8 Å². The molecule has 0 saturated carbocycles. The summed E-state index contributed by atoms with van der Waals surface area (Å²) in [5.74, 6) is -0.537. The summed E-state index contributed by atoms with van der Waals surface area (Å²) in [6, 6.07) is 8.11. The molecule has 2 aromatic rings. The van der Waals surface area contributed by atoms with Crippen molar-refractivity contribution >= 4 is 16.9 Å². The zero-order valence-electron chi connectivity index (χ0n) is 11.7. The van der Waals surface area contributed by atoms with Crippen molar-refractivity contribution in [1.82, 2.24) is 5.32 Å². The standard InChI is InChI=1S/C15H17NO5/c1-20-9-11(6-7-17)16-14(18)12-8-10-4-2-3-5-13(10)21-15(12)19/h2-5,8,11,17H,6-7,9H2,1H3,(H,16,18). The zero-order valence-corrected chi connectivity index (χ0v) is 11.7. The van der Waals surface area contributed by atoms with E-state index in [-0.39, 0.29) is 24.8 Å². The fourth-order valence-electron chi connectivity index (χ4n) is 2.04. The number of aliphatic hydroxyl groups excluding tert-OH is 1. The van der Waals surface area contributed by atoms with Gasteiger partial charge in [0.05, 0.1) is 12.6 Å². The van der Waals surface area contributed by atoms with Crippen LogP contribution >= 0.6 is 0 Å². The first-order valence-corrected chi connectivity index (χ1v) is 6.59. The van der Waals surface area contributed by atoms with Gasteiger partial charge in [0.2, 0.25) is 0 Å². The van der Waals surface area contributed by atoms with Crippen LogP contribution in [0.4, 0.5) is 0 Å². The lowest BCUT2D eigenvalue weighted by molar-refractivity contribution is 0.0875. The van der Waals surface area contributed by atoms with Gasteiger partial charge in [0, 0.05) is 19.1 Å². The zero-order chi connectivity index (χ0) is 15.2. The van der Waals surface area contributed by atoms with Crippen LogP contribution < -0.4 is 10.9 Å². The molecule has 1 amide bonds. The van der Waals surface area contributed by atoms with Crippen molar-refractivity contribution in [2.75, 3.05) is 20.3 Å². The topological polar surface area (TPSA) is 88.8 Å². The van der Waals surface area contributed by atoms with E-state index in [4.69, 9.17) is 14.3 Å². The average Bonchev–Trinajstić information content (AvgIpc) is 2.47. The molecule has 0 radical (unpaired) electrons. The predicted octanol–water partition coefficient (Wildman–Crippen LogP) is 0.920. The molecule has 0 fully saturated rings. The quantitative estimate of drug-likeness (QED) is 0.773. The SMILES string of the molecule is COCC(CCO)NC(=O)c1cc2ccccc2oc1=O. The maximum absolute atomic E-state index is 12.2. The van der Waals surface area contributed by atoms with Crippen LogP contribution in [0.5, 0.6) is 0 Å². The molecule has 2 rings (SSSR count).